The maximum absolute atomic E-state index is 9.47. The highest BCUT2D eigenvalue weighted by Crippen LogP contribution is 2.21. The van der Waals surface area contributed by atoms with E-state index in [9.17, 15) is 15.3 Å². The predicted molar refractivity (Wildman–Crippen MR) is 49.9 cm³/mol. The molecule has 1 aliphatic rings. The zero-order valence-electron chi connectivity index (χ0n) is 8.19. The van der Waals surface area contributed by atoms with Gasteiger partial charge in [-0.25, -0.2) is 0 Å². The Morgan fingerprint density at radius 3 is 2.40 bits per heavy atom. The molecule has 0 aromatic carbocycles. The number of aliphatic hydroxyl groups excluding tert-OH is 4. The summed E-state index contributed by atoms with van der Waals surface area (Å²) in [6.07, 6.45) is -4.64. The molecule has 1 fully saturated rings. The highest BCUT2D eigenvalue weighted by molar-refractivity contribution is 4.89. The van der Waals surface area contributed by atoms with Crippen molar-refractivity contribution in [3.05, 3.63) is 12.7 Å². The Labute approximate surface area is 87.4 Å². The van der Waals surface area contributed by atoms with Crippen LogP contribution in [0.4, 0.5) is 0 Å². The Hall–Kier alpha value is -0.500. The minimum absolute atomic E-state index is 0.142. The maximum Gasteiger partial charge on any atom is 0.187 e. The average molecular weight is 220 g/mol. The molecule has 6 nitrogen and oxygen atoms in total. The lowest BCUT2D eigenvalue weighted by molar-refractivity contribution is -0.298. The summed E-state index contributed by atoms with van der Waals surface area (Å²) in [5.41, 5.74) is 0. The van der Waals surface area contributed by atoms with Crippen molar-refractivity contribution in [1.82, 2.24) is 0 Å². The van der Waals surface area contributed by atoms with Crippen LogP contribution in [0.3, 0.4) is 0 Å². The van der Waals surface area contributed by atoms with Crippen molar-refractivity contribution < 1.29 is 29.9 Å². The molecule has 0 aromatic heterocycles. The SMILES string of the molecule is C=CCO[C@H]1O[C@H](CO)[C@H](O)[C@H](O)[C@@H]1O. The molecule has 1 saturated heterocycles. The standard InChI is InChI=1S/C9H16O6/c1-2-3-14-9-8(13)7(12)6(11)5(4-10)15-9/h2,5-13H,1,3-4H2/t5-,6+,7+,8+,9+/m1/s1. The molecule has 1 aliphatic heterocycles. The highest BCUT2D eigenvalue weighted by atomic mass is 16.7. The monoisotopic (exact) mass is 220 g/mol. The Morgan fingerprint density at radius 2 is 1.87 bits per heavy atom. The van der Waals surface area contributed by atoms with E-state index >= 15 is 0 Å². The van der Waals surface area contributed by atoms with Gasteiger partial charge in [0.25, 0.3) is 0 Å². The van der Waals surface area contributed by atoms with Crippen LogP contribution in [-0.2, 0) is 9.47 Å². The van der Waals surface area contributed by atoms with E-state index in [0.717, 1.165) is 0 Å². The van der Waals surface area contributed by atoms with E-state index in [-0.39, 0.29) is 6.61 Å². The van der Waals surface area contributed by atoms with Gasteiger partial charge in [-0.3, -0.25) is 0 Å². The minimum atomic E-state index is -1.40. The van der Waals surface area contributed by atoms with Gasteiger partial charge in [-0.15, -0.1) is 6.58 Å². The van der Waals surface area contributed by atoms with E-state index < -0.39 is 37.3 Å². The van der Waals surface area contributed by atoms with Crippen LogP contribution < -0.4 is 0 Å². The fourth-order valence-electron chi connectivity index (χ4n) is 1.37. The maximum atomic E-state index is 9.47. The van der Waals surface area contributed by atoms with Gasteiger partial charge in [-0.2, -0.15) is 0 Å². The number of aliphatic hydroxyl groups is 4. The molecule has 0 spiro atoms. The lowest BCUT2D eigenvalue weighted by Gasteiger charge is -2.39. The van der Waals surface area contributed by atoms with Crippen LogP contribution in [0.2, 0.25) is 0 Å². The summed E-state index contributed by atoms with van der Waals surface area (Å²) in [5, 5.41) is 37.1. The quantitative estimate of drug-likeness (QED) is 0.408. The molecule has 0 bridgehead atoms. The van der Waals surface area contributed by atoms with Gasteiger partial charge in [0, 0.05) is 0 Å². The van der Waals surface area contributed by atoms with Crippen molar-refractivity contribution in [2.24, 2.45) is 0 Å². The second-order valence-corrected chi connectivity index (χ2v) is 3.32. The molecule has 0 saturated carbocycles. The first-order valence-electron chi connectivity index (χ1n) is 4.64. The van der Waals surface area contributed by atoms with Gasteiger partial charge in [0.1, 0.15) is 24.4 Å². The lowest BCUT2D eigenvalue weighted by Crippen LogP contribution is -2.59. The molecule has 15 heavy (non-hydrogen) atoms. The van der Waals surface area contributed by atoms with Crippen molar-refractivity contribution in [2.75, 3.05) is 13.2 Å². The van der Waals surface area contributed by atoms with Crippen LogP contribution in [0.15, 0.2) is 12.7 Å². The molecule has 6 heteroatoms. The van der Waals surface area contributed by atoms with E-state index in [2.05, 4.69) is 6.58 Å². The van der Waals surface area contributed by atoms with Crippen molar-refractivity contribution in [1.29, 1.82) is 0 Å². The van der Waals surface area contributed by atoms with Crippen LogP contribution >= 0.6 is 0 Å². The summed E-state index contributed by atoms with van der Waals surface area (Å²) in [5.74, 6) is 0. The third-order valence-corrected chi connectivity index (χ3v) is 2.23. The van der Waals surface area contributed by atoms with Crippen LogP contribution in [0.25, 0.3) is 0 Å². The first-order valence-corrected chi connectivity index (χ1v) is 4.64. The Bertz CT molecular complexity index is 207. The van der Waals surface area contributed by atoms with Gasteiger partial charge in [-0.1, -0.05) is 6.08 Å². The van der Waals surface area contributed by atoms with Gasteiger partial charge in [0.05, 0.1) is 13.2 Å². The smallest absolute Gasteiger partial charge is 0.187 e. The van der Waals surface area contributed by atoms with E-state index in [1.54, 1.807) is 0 Å². The van der Waals surface area contributed by atoms with Crippen molar-refractivity contribution in [3.63, 3.8) is 0 Å². The summed E-state index contributed by atoms with van der Waals surface area (Å²) >= 11 is 0. The Balaban J connectivity index is 2.60. The number of hydrogen-bond donors (Lipinski definition) is 4. The fourth-order valence-corrected chi connectivity index (χ4v) is 1.37. The molecule has 4 N–H and O–H groups in total. The summed E-state index contributed by atoms with van der Waals surface area (Å²) in [6.45, 7) is 3.10. The predicted octanol–water partition coefficient (Wildman–Crippen LogP) is -2.01. The second kappa shape index (κ2) is 5.55. The summed E-state index contributed by atoms with van der Waals surface area (Å²) in [7, 11) is 0. The largest absolute Gasteiger partial charge is 0.394 e. The van der Waals surface area contributed by atoms with Crippen molar-refractivity contribution in [2.45, 2.75) is 30.7 Å². The first kappa shape index (κ1) is 12.6. The number of ether oxygens (including phenoxy) is 2. The summed E-state index contributed by atoms with van der Waals surface area (Å²) in [6, 6.07) is 0. The Morgan fingerprint density at radius 1 is 1.20 bits per heavy atom. The van der Waals surface area contributed by atoms with Crippen molar-refractivity contribution >= 4 is 0 Å². The van der Waals surface area contributed by atoms with Crippen LogP contribution in [0, 0.1) is 0 Å². The van der Waals surface area contributed by atoms with Crippen LogP contribution in [-0.4, -0.2) is 64.3 Å². The minimum Gasteiger partial charge on any atom is -0.394 e. The summed E-state index contributed by atoms with van der Waals surface area (Å²) in [4.78, 5) is 0. The molecular formula is C9H16O6. The molecule has 1 heterocycles. The molecule has 0 unspecified atom stereocenters. The molecule has 5 atom stereocenters. The third-order valence-electron chi connectivity index (χ3n) is 2.23. The molecule has 0 amide bonds. The van der Waals surface area contributed by atoms with Crippen LogP contribution in [0.5, 0.6) is 0 Å². The van der Waals surface area contributed by atoms with Gasteiger partial charge in [0.2, 0.25) is 0 Å². The zero-order chi connectivity index (χ0) is 11.4. The first-order chi connectivity index (χ1) is 7.11. The molecule has 88 valence electrons. The van der Waals surface area contributed by atoms with E-state index in [0.29, 0.717) is 0 Å². The molecule has 0 aliphatic carbocycles. The molecule has 0 radical (unpaired) electrons. The third kappa shape index (κ3) is 2.75. The molecule has 0 aromatic rings. The molecular weight excluding hydrogens is 204 g/mol. The lowest BCUT2D eigenvalue weighted by atomic mass is 9.99. The van der Waals surface area contributed by atoms with E-state index in [1.165, 1.54) is 6.08 Å². The zero-order valence-corrected chi connectivity index (χ0v) is 8.19. The fraction of sp³-hybridized carbons (Fsp3) is 0.778. The van der Waals surface area contributed by atoms with Gasteiger partial charge in [-0.05, 0) is 0 Å². The average Bonchev–Trinajstić information content (AvgIpc) is 2.25. The van der Waals surface area contributed by atoms with Gasteiger partial charge in [0.15, 0.2) is 6.29 Å². The number of hydrogen-bond acceptors (Lipinski definition) is 6. The van der Waals surface area contributed by atoms with E-state index in [4.69, 9.17) is 14.6 Å². The number of rotatable bonds is 4. The van der Waals surface area contributed by atoms with Gasteiger partial charge >= 0.3 is 0 Å². The van der Waals surface area contributed by atoms with Crippen molar-refractivity contribution in [3.8, 4) is 0 Å². The molecule has 1 rings (SSSR count). The van der Waals surface area contributed by atoms with E-state index in [1.807, 2.05) is 0 Å². The van der Waals surface area contributed by atoms with Crippen LogP contribution in [0.1, 0.15) is 0 Å². The summed E-state index contributed by atoms with van der Waals surface area (Å²) < 4.78 is 10.1. The Kier molecular flexibility index (Phi) is 4.65. The topological polar surface area (TPSA) is 99.4 Å². The highest BCUT2D eigenvalue weighted by Gasteiger charge is 2.43. The second-order valence-electron chi connectivity index (χ2n) is 3.32. The normalized spacial score (nSPS) is 41.5. The van der Waals surface area contributed by atoms with Gasteiger partial charge < -0.3 is 29.9 Å².